The molecular formula is C35H38O2. The Kier molecular flexibility index (Phi) is 5.97. The summed E-state index contributed by atoms with van der Waals surface area (Å²) in [6.45, 7) is 12.5. The van der Waals surface area contributed by atoms with Crippen molar-refractivity contribution in [1.82, 2.24) is 0 Å². The SMILES string of the molecule is CC(C)(C)C(O)(c1ccccc1)c1ccc(-c2ccc3c(c2)Cc2ccccc2C3(O)C(C)(C)C)cc1. The molecule has 190 valence electrons. The average Bonchev–Trinajstić information content (AvgIpc) is 2.87. The van der Waals surface area contributed by atoms with Crippen LogP contribution in [0.2, 0.25) is 0 Å². The first-order chi connectivity index (χ1) is 17.4. The molecule has 2 atom stereocenters. The first-order valence-corrected chi connectivity index (χ1v) is 13.2. The van der Waals surface area contributed by atoms with Gasteiger partial charge >= 0.3 is 0 Å². The normalized spacial score (nSPS) is 19.0. The van der Waals surface area contributed by atoms with Crippen molar-refractivity contribution in [3.05, 3.63) is 130 Å². The second kappa shape index (κ2) is 8.68. The minimum absolute atomic E-state index is 0.365. The standard InChI is InChI=1S/C35H38O2/c1-32(2,3)34(36,28-13-8-7-9-14-28)29-19-16-24(17-20-29)25-18-21-31-27(22-25)23-26-12-10-11-15-30(26)35(31,37)33(4,5)6/h7-22,36-37H,23H2,1-6H3. The van der Waals surface area contributed by atoms with E-state index in [2.05, 4.69) is 90.1 Å². The van der Waals surface area contributed by atoms with E-state index in [1.165, 1.54) is 5.56 Å². The maximum atomic E-state index is 12.2. The summed E-state index contributed by atoms with van der Waals surface area (Å²) in [6.07, 6.45) is 0.799. The van der Waals surface area contributed by atoms with E-state index < -0.39 is 16.6 Å². The molecule has 0 radical (unpaired) electrons. The summed E-state index contributed by atoms with van der Waals surface area (Å²) in [4.78, 5) is 0. The summed E-state index contributed by atoms with van der Waals surface area (Å²) in [6, 6.07) is 32.9. The van der Waals surface area contributed by atoms with Crippen molar-refractivity contribution in [3.8, 4) is 11.1 Å². The van der Waals surface area contributed by atoms with Crippen LogP contribution in [0.3, 0.4) is 0 Å². The van der Waals surface area contributed by atoms with E-state index in [9.17, 15) is 10.2 Å². The molecule has 0 amide bonds. The lowest BCUT2D eigenvalue weighted by molar-refractivity contribution is -0.0290. The molecule has 0 spiro atoms. The quantitative estimate of drug-likeness (QED) is 0.307. The van der Waals surface area contributed by atoms with Gasteiger partial charge in [-0.3, -0.25) is 0 Å². The maximum Gasteiger partial charge on any atom is 0.120 e. The Bertz CT molecular complexity index is 1420. The van der Waals surface area contributed by atoms with E-state index in [4.69, 9.17) is 0 Å². The first kappa shape index (κ1) is 25.4. The fraction of sp³-hybridized carbons (Fsp3) is 0.314. The highest BCUT2D eigenvalue weighted by atomic mass is 16.3. The lowest BCUT2D eigenvalue weighted by atomic mass is 9.63. The van der Waals surface area contributed by atoms with Gasteiger partial charge in [0.15, 0.2) is 0 Å². The molecule has 5 rings (SSSR count). The van der Waals surface area contributed by atoms with Gasteiger partial charge in [-0.15, -0.1) is 0 Å². The Labute approximate surface area is 221 Å². The third kappa shape index (κ3) is 3.95. The number of hydrogen-bond donors (Lipinski definition) is 2. The van der Waals surface area contributed by atoms with E-state index in [0.29, 0.717) is 0 Å². The molecule has 0 aromatic heterocycles. The van der Waals surface area contributed by atoms with Crippen molar-refractivity contribution < 1.29 is 10.2 Å². The number of hydrogen-bond acceptors (Lipinski definition) is 2. The zero-order valence-electron chi connectivity index (χ0n) is 22.8. The van der Waals surface area contributed by atoms with Crippen LogP contribution in [0.15, 0.2) is 97.1 Å². The largest absolute Gasteiger partial charge is 0.380 e. The lowest BCUT2D eigenvalue weighted by Gasteiger charge is -2.46. The van der Waals surface area contributed by atoms with Gasteiger partial charge in [0.1, 0.15) is 11.2 Å². The third-order valence-corrected chi connectivity index (χ3v) is 8.28. The summed E-state index contributed by atoms with van der Waals surface area (Å²) in [5.74, 6) is 0. The highest BCUT2D eigenvalue weighted by Gasteiger charge is 2.47. The predicted molar refractivity (Wildman–Crippen MR) is 152 cm³/mol. The van der Waals surface area contributed by atoms with Crippen molar-refractivity contribution in [3.63, 3.8) is 0 Å². The van der Waals surface area contributed by atoms with Crippen LogP contribution in [0.25, 0.3) is 11.1 Å². The van der Waals surface area contributed by atoms with Gasteiger partial charge in [0.2, 0.25) is 0 Å². The van der Waals surface area contributed by atoms with E-state index in [1.54, 1.807) is 0 Å². The monoisotopic (exact) mass is 490 g/mol. The van der Waals surface area contributed by atoms with Crippen LogP contribution in [0, 0.1) is 10.8 Å². The highest BCUT2D eigenvalue weighted by Crippen LogP contribution is 2.51. The van der Waals surface area contributed by atoms with Crippen molar-refractivity contribution >= 4 is 0 Å². The van der Waals surface area contributed by atoms with Crippen LogP contribution in [-0.2, 0) is 17.6 Å². The molecule has 2 N–H and O–H groups in total. The van der Waals surface area contributed by atoms with Crippen molar-refractivity contribution in [2.45, 2.75) is 59.2 Å². The molecule has 0 saturated heterocycles. The molecule has 2 heteroatoms. The van der Waals surface area contributed by atoms with Gasteiger partial charge in [0.05, 0.1) is 0 Å². The lowest BCUT2D eigenvalue weighted by Crippen LogP contribution is -2.44. The Balaban J connectivity index is 1.57. The summed E-state index contributed by atoms with van der Waals surface area (Å²) >= 11 is 0. The molecule has 2 unspecified atom stereocenters. The number of aliphatic hydroxyl groups is 2. The van der Waals surface area contributed by atoms with E-state index in [-0.39, 0.29) is 5.41 Å². The maximum absolute atomic E-state index is 12.2. The summed E-state index contributed by atoms with van der Waals surface area (Å²) in [5.41, 5.74) is 5.38. The predicted octanol–water partition coefficient (Wildman–Crippen LogP) is 7.82. The molecule has 4 aromatic carbocycles. The molecule has 0 fully saturated rings. The summed E-state index contributed by atoms with van der Waals surface area (Å²) in [7, 11) is 0. The van der Waals surface area contributed by atoms with Gasteiger partial charge in [0.25, 0.3) is 0 Å². The number of fused-ring (bicyclic) bond motifs is 2. The van der Waals surface area contributed by atoms with E-state index in [1.807, 2.05) is 48.5 Å². The topological polar surface area (TPSA) is 40.5 Å². The molecule has 0 heterocycles. The highest BCUT2D eigenvalue weighted by molar-refractivity contribution is 5.68. The van der Waals surface area contributed by atoms with Crippen molar-refractivity contribution in [2.75, 3.05) is 0 Å². The Morgan fingerprint density at radius 2 is 1.14 bits per heavy atom. The number of benzene rings is 4. The van der Waals surface area contributed by atoms with E-state index >= 15 is 0 Å². The molecule has 0 bridgehead atoms. The summed E-state index contributed by atoms with van der Waals surface area (Å²) in [5, 5.41) is 24.2. The molecule has 2 nitrogen and oxygen atoms in total. The van der Waals surface area contributed by atoms with Crippen LogP contribution < -0.4 is 0 Å². The van der Waals surface area contributed by atoms with Crippen LogP contribution in [0.5, 0.6) is 0 Å². The Morgan fingerprint density at radius 1 is 0.595 bits per heavy atom. The molecule has 1 aliphatic carbocycles. The Hall–Kier alpha value is -3.20. The van der Waals surface area contributed by atoms with Crippen molar-refractivity contribution in [1.29, 1.82) is 0 Å². The molecule has 37 heavy (non-hydrogen) atoms. The van der Waals surface area contributed by atoms with Crippen LogP contribution >= 0.6 is 0 Å². The van der Waals surface area contributed by atoms with Gasteiger partial charge in [-0.25, -0.2) is 0 Å². The van der Waals surface area contributed by atoms with Gasteiger partial charge in [-0.1, -0.05) is 139 Å². The van der Waals surface area contributed by atoms with Crippen molar-refractivity contribution in [2.24, 2.45) is 10.8 Å². The summed E-state index contributed by atoms with van der Waals surface area (Å²) < 4.78 is 0. The zero-order valence-corrected chi connectivity index (χ0v) is 22.8. The third-order valence-electron chi connectivity index (χ3n) is 8.28. The fourth-order valence-electron chi connectivity index (χ4n) is 6.07. The fourth-order valence-corrected chi connectivity index (χ4v) is 6.07. The molecule has 0 saturated carbocycles. The molecule has 0 aliphatic heterocycles. The minimum atomic E-state index is -1.12. The molecule has 1 aliphatic rings. The Morgan fingerprint density at radius 3 is 1.76 bits per heavy atom. The second-order valence-electron chi connectivity index (χ2n) is 12.6. The second-order valence-corrected chi connectivity index (χ2v) is 12.6. The van der Waals surface area contributed by atoms with E-state index in [0.717, 1.165) is 45.4 Å². The van der Waals surface area contributed by atoms with Gasteiger partial charge < -0.3 is 10.2 Å². The van der Waals surface area contributed by atoms with Gasteiger partial charge in [0, 0.05) is 0 Å². The molecule has 4 aromatic rings. The minimum Gasteiger partial charge on any atom is -0.380 e. The smallest absolute Gasteiger partial charge is 0.120 e. The van der Waals surface area contributed by atoms with Gasteiger partial charge in [-0.2, -0.15) is 0 Å². The van der Waals surface area contributed by atoms with Crippen LogP contribution in [-0.4, -0.2) is 10.2 Å². The van der Waals surface area contributed by atoms with Crippen LogP contribution in [0.1, 0.15) is 74.9 Å². The van der Waals surface area contributed by atoms with Crippen LogP contribution in [0.4, 0.5) is 0 Å². The van der Waals surface area contributed by atoms with Gasteiger partial charge in [-0.05, 0) is 61.8 Å². The average molecular weight is 491 g/mol. The zero-order chi connectivity index (χ0) is 26.6. The number of rotatable bonds is 3. The first-order valence-electron chi connectivity index (χ1n) is 13.2. The molecular weight excluding hydrogens is 452 g/mol.